The summed E-state index contributed by atoms with van der Waals surface area (Å²) in [7, 11) is 0. The van der Waals surface area contributed by atoms with Gasteiger partial charge in [-0.15, -0.1) is 0 Å². The molecule has 0 amide bonds. The zero-order valence-electron chi connectivity index (χ0n) is 11.7. The van der Waals surface area contributed by atoms with Crippen LogP contribution in [0.3, 0.4) is 0 Å². The Morgan fingerprint density at radius 2 is 2.39 bits per heavy atom. The molecule has 0 spiro atoms. The fourth-order valence-electron chi connectivity index (χ4n) is 2.87. The first kappa shape index (κ1) is 13.6. The summed E-state index contributed by atoms with van der Waals surface area (Å²) in [6, 6.07) is 5.35. The average Bonchev–Trinajstić information content (AvgIpc) is 2.90. The lowest BCUT2D eigenvalue weighted by molar-refractivity contribution is 0.168. The molecule has 3 heteroatoms. The molecule has 3 nitrogen and oxygen atoms in total. The first-order valence-electron chi connectivity index (χ1n) is 7.29. The fourth-order valence-corrected chi connectivity index (χ4v) is 2.87. The number of hydrogen-bond acceptors (Lipinski definition) is 3. The molecule has 2 atom stereocenters. The third-order valence-corrected chi connectivity index (χ3v) is 4.01. The Morgan fingerprint density at radius 3 is 3.00 bits per heavy atom. The van der Waals surface area contributed by atoms with E-state index in [1.54, 1.807) is 6.26 Å². The smallest absolute Gasteiger partial charge is 0.117 e. The van der Waals surface area contributed by atoms with Crippen LogP contribution in [0.25, 0.3) is 0 Å². The van der Waals surface area contributed by atoms with Gasteiger partial charge >= 0.3 is 0 Å². The van der Waals surface area contributed by atoms with Gasteiger partial charge in [0, 0.05) is 12.1 Å². The molecule has 0 bridgehead atoms. The predicted molar refractivity (Wildman–Crippen MR) is 74.5 cm³/mol. The van der Waals surface area contributed by atoms with Crippen molar-refractivity contribution >= 4 is 0 Å². The molecule has 0 saturated carbocycles. The molecule has 1 aliphatic heterocycles. The molecule has 1 aromatic rings. The van der Waals surface area contributed by atoms with Crippen molar-refractivity contribution in [3.63, 3.8) is 0 Å². The number of furan rings is 1. The molecule has 1 saturated heterocycles. The lowest BCUT2D eigenvalue weighted by Crippen LogP contribution is -2.41. The van der Waals surface area contributed by atoms with Gasteiger partial charge in [-0.05, 0) is 51.4 Å². The summed E-state index contributed by atoms with van der Waals surface area (Å²) in [4.78, 5) is 2.50. The van der Waals surface area contributed by atoms with Crippen molar-refractivity contribution in [3.05, 3.63) is 24.2 Å². The van der Waals surface area contributed by atoms with E-state index in [4.69, 9.17) is 4.42 Å². The average molecular weight is 250 g/mol. The Kier molecular flexibility index (Phi) is 5.26. The van der Waals surface area contributed by atoms with E-state index in [2.05, 4.69) is 30.1 Å². The molecule has 0 aromatic carbocycles. The van der Waals surface area contributed by atoms with Gasteiger partial charge in [-0.3, -0.25) is 4.90 Å². The molecule has 1 N–H and O–H groups in total. The van der Waals surface area contributed by atoms with Gasteiger partial charge in [0.05, 0.1) is 12.8 Å². The van der Waals surface area contributed by atoms with E-state index in [0.717, 1.165) is 18.8 Å². The Hall–Kier alpha value is -0.800. The van der Waals surface area contributed by atoms with E-state index >= 15 is 0 Å². The van der Waals surface area contributed by atoms with Crippen molar-refractivity contribution in [1.29, 1.82) is 0 Å². The maximum absolute atomic E-state index is 5.45. The van der Waals surface area contributed by atoms with Crippen LogP contribution in [-0.4, -0.2) is 30.1 Å². The number of hydrogen-bond donors (Lipinski definition) is 1. The van der Waals surface area contributed by atoms with Gasteiger partial charge in [-0.25, -0.2) is 0 Å². The van der Waals surface area contributed by atoms with E-state index < -0.39 is 0 Å². The minimum Gasteiger partial charge on any atom is -0.468 e. The van der Waals surface area contributed by atoms with Gasteiger partial charge in [0.25, 0.3) is 0 Å². The van der Waals surface area contributed by atoms with Gasteiger partial charge in [-0.2, -0.15) is 0 Å². The third kappa shape index (κ3) is 3.85. The normalized spacial score (nSPS) is 22.3. The van der Waals surface area contributed by atoms with Gasteiger partial charge in [0.1, 0.15) is 5.76 Å². The van der Waals surface area contributed by atoms with E-state index in [-0.39, 0.29) is 0 Å². The maximum atomic E-state index is 5.45. The van der Waals surface area contributed by atoms with Crippen molar-refractivity contribution in [2.24, 2.45) is 0 Å². The first-order valence-corrected chi connectivity index (χ1v) is 7.29. The maximum Gasteiger partial charge on any atom is 0.117 e. The molecule has 0 aliphatic carbocycles. The molecule has 2 unspecified atom stereocenters. The highest BCUT2D eigenvalue weighted by Gasteiger charge is 2.20. The summed E-state index contributed by atoms with van der Waals surface area (Å²) in [6.07, 6.45) is 7.07. The summed E-state index contributed by atoms with van der Waals surface area (Å²) in [6.45, 7) is 7.77. The largest absolute Gasteiger partial charge is 0.468 e. The zero-order valence-corrected chi connectivity index (χ0v) is 11.7. The monoisotopic (exact) mass is 250 g/mol. The zero-order chi connectivity index (χ0) is 12.8. The standard InChI is InChI=1S/C15H26N2O/c1-3-17(12-15-8-6-10-18-15)13(2)11-14-7-4-5-9-16-14/h6,8,10,13-14,16H,3-5,7,9,11-12H2,1-2H3. The summed E-state index contributed by atoms with van der Waals surface area (Å²) < 4.78 is 5.45. The Morgan fingerprint density at radius 1 is 1.50 bits per heavy atom. The summed E-state index contributed by atoms with van der Waals surface area (Å²) >= 11 is 0. The van der Waals surface area contributed by atoms with E-state index in [1.807, 2.05) is 6.07 Å². The number of nitrogens with zero attached hydrogens (tertiary/aromatic N) is 1. The molecular formula is C15H26N2O. The molecule has 1 fully saturated rings. The van der Waals surface area contributed by atoms with Crippen LogP contribution in [0.4, 0.5) is 0 Å². The van der Waals surface area contributed by atoms with Crippen LogP contribution in [0.5, 0.6) is 0 Å². The fraction of sp³-hybridized carbons (Fsp3) is 0.733. The summed E-state index contributed by atoms with van der Waals surface area (Å²) in [5.74, 6) is 1.07. The van der Waals surface area contributed by atoms with Crippen LogP contribution in [0.15, 0.2) is 22.8 Å². The van der Waals surface area contributed by atoms with Crippen LogP contribution >= 0.6 is 0 Å². The number of rotatable bonds is 6. The lowest BCUT2D eigenvalue weighted by Gasteiger charge is -2.32. The Bertz CT molecular complexity index is 317. The third-order valence-electron chi connectivity index (χ3n) is 4.01. The van der Waals surface area contributed by atoms with Gasteiger partial charge in [-0.1, -0.05) is 13.3 Å². The summed E-state index contributed by atoms with van der Waals surface area (Å²) in [5.41, 5.74) is 0. The van der Waals surface area contributed by atoms with Gasteiger partial charge in [0.2, 0.25) is 0 Å². The Balaban J connectivity index is 1.82. The van der Waals surface area contributed by atoms with Crippen LogP contribution < -0.4 is 5.32 Å². The SMILES string of the molecule is CCN(Cc1ccco1)C(C)CC1CCCCN1. The second-order valence-corrected chi connectivity index (χ2v) is 5.37. The van der Waals surface area contributed by atoms with Crippen LogP contribution in [0.2, 0.25) is 0 Å². The molecule has 18 heavy (non-hydrogen) atoms. The van der Waals surface area contributed by atoms with Crippen molar-refractivity contribution in [2.45, 2.75) is 58.2 Å². The minimum absolute atomic E-state index is 0.607. The molecule has 1 aromatic heterocycles. The van der Waals surface area contributed by atoms with Crippen molar-refractivity contribution in [1.82, 2.24) is 10.2 Å². The molecular weight excluding hydrogens is 224 g/mol. The van der Waals surface area contributed by atoms with Crippen LogP contribution in [0, 0.1) is 0 Å². The van der Waals surface area contributed by atoms with Crippen molar-refractivity contribution < 1.29 is 4.42 Å². The molecule has 2 heterocycles. The predicted octanol–water partition coefficient (Wildman–Crippen LogP) is 3.02. The van der Waals surface area contributed by atoms with Crippen LogP contribution in [-0.2, 0) is 6.54 Å². The highest BCUT2D eigenvalue weighted by molar-refractivity contribution is 4.98. The second-order valence-electron chi connectivity index (χ2n) is 5.37. The lowest BCUT2D eigenvalue weighted by atomic mass is 9.98. The topological polar surface area (TPSA) is 28.4 Å². The second kappa shape index (κ2) is 6.95. The first-order chi connectivity index (χ1) is 8.79. The van der Waals surface area contributed by atoms with Gasteiger partial charge < -0.3 is 9.73 Å². The van der Waals surface area contributed by atoms with E-state index in [9.17, 15) is 0 Å². The molecule has 2 rings (SSSR count). The summed E-state index contributed by atoms with van der Waals surface area (Å²) in [5, 5.41) is 3.64. The molecule has 0 radical (unpaired) electrons. The molecule has 102 valence electrons. The number of nitrogens with one attached hydrogen (secondary N) is 1. The quantitative estimate of drug-likeness (QED) is 0.841. The van der Waals surface area contributed by atoms with Crippen molar-refractivity contribution in [2.75, 3.05) is 13.1 Å². The van der Waals surface area contributed by atoms with Crippen molar-refractivity contribution in [3.8, 4) is 0 Å². The molecule has 1 aliphatic rings. The van der Waals surface area contributed by atoms with Crippen LogP contribution in [0.1, 0.15) is 45.3 Å². The van der Waals surface area contributed by atoms with Gasteiger partial charge in [0.15, 0.2) is 0 Å². The highest BCUT2D eigenvalue weighted by Crippen LogP contribution is 2.17. The van der Waals surface area contributed by atoms with E-state index in [1.165, 1.54) is 32.2 Å². The Labute approximate surface area is 111 Å². The minimum atomic E-state index is 0.607. The van der Waals surface area contributed by atoms with E-state index in [0.29, 0.717) is 12.1 Å². The number of piperidine rings is 1. The highest BCUT2D eigenvalue weighted by atomic mass is 16.3.